The quantitative estimate of drug-likeness (QED) is 0.803. The van der Waals surface area contributed by atoms with Crippen LogP contribution in [0.5, 0.6) is 0 Å². The molecule has 0 aromatic heterocycles. The molecule has 4 rings (SSSR count). The van der Waals surface area contributed by atoms with Gasteiger partial charge < -0.3 is 0 Å². The smallest absolute Gasteiger partial charge is 0.202 e. The van der Waals surface area contributed by atoms with Gasteiger partial charge in [-0.2, -0.15) is 0 Å². The zero-order valence-corrected chi connectivity index (χ0v) is 15.6. The molecule has 2 aromatic carbocycles. The van der Waals surface area contributed by atoms with Crippen molar-refractivity contribution in [3.05, 3.63) is 82.6 Å². The first-order valence-electron chi connectivity index (χ1n) is 8.41. The third kappa shape index (κ3) is 2.83. The minimum atomic E-state index is -3.50. The van der Waals surface area contributed by atoms with E-state index in [1.54, 1.807) is 72.8 Å². The van der Waals surface area contributed by atoms with Gasteiger partial charge in [-0.1, -0.05) is 48.6 Å². The maximum absolute atomic E-state index is 12.8. The van der Waals surface area contributed by atoms with E-state index in [0.29, 0.717) is 22.7 Å². The van der Waals surface area contributed by atoms with Crippen molar-refractivity contribution in [3.8, 4) is 0 Å². The van der Waals surface area contributed by atoms with Crippen LogP contribution in [0.25, 0.3) is 0 Å². The number of fused-ring (bicyclic) bond motifs is 1. The van der Waals surface area contributed by atoms with Gasteiger partial charge in [-0.25, -0.2) is 16.8 Å². The molecule has 0 radical (unpaired) electrons. The molecular formula is C20H18O4S2. The number of benzene rings is 2. The monoisotopic (exact) mass is 386 g/mol. The largest absolute Gasteiger partial charge is 0.219 e. The summed E-state index contributed by atoms with van der Waals surface area (Å²) in [6.45, 7) is 0. The average Bonchev–Trinajstić information content (AvgIpc) is 3.23. The van der Waals surface area contributed by atoms with Crippen LogP contribution in [0.4, 0.5) is 0 Å². The lowest BCUT2D eigenvalue weighted by Crippen LogP contribution is -2.05. The van der Waals surface area contributed by atoms with Gasteiger partial charge in [0, 0.05) is 9.81 Å². The van der Waals surface area contributed by atoms with Crippen LogP contribution in [0.2, 0.25) is 0 Å². The third-order valence-corrected chi connectivity index (χ3v) is 8.79. The van der Waals surface area contributed by atoms with E-state index >= 15 is 0 Å². The Labute approximate surface area is 153 Å². The molecule has 0 saturated heterocycles. The van der Waals surface area contributed by atoms with Gasteiger partial charge in [0.1, 0.15) is 0 Å². The first-order valence-corrected chi connectivity index (χ1v) is 11.4. The van der Waals surface area contributed by atoms with Crippen LogP contribution < -0.4 is 0 Å². The lowest BCUT2D eigenvalue weighted by molar-refractivity contribution is 0.545. The molecule has 6 heteroatoms. The van der Waals surface area contributed by atoms with Gasteiger partial charge in [0.05, 0.1) is 9.79 Å². The van der Waals surface area contributed by atoms with Crippen molar-refractivity contribution in [2.45, 2.75) is 22.6 Å². The molecule has 0 unspecified atom stereocenters. The Morgan fingerprint density at radius 1 is 0.577 bits per heavy atom. The molecule has 0 aliphatic heterocycles. The van der Waals surface area contributed by atoms with Crippen molar-refractivity contribution < 1.29 is 16.8 Å². The number of hydrogen-bond acceptors (Lipinski definition) is 4. The fraction of sp³-hybridized carbons (Fsp3) is 0.200. The molecule has 0 fully saturated rings. The Morgan fingerprint density at radius 3 is 1.27 bits per heavy atom. The lowest BCUT2D eigenvalue weighted by Gasteiger charge is -2.07. The highest BCUT2D eigenvalue weighted by Gasteiger charge is 2.40. The van der Waals surface area contributed by atoms with E-state index in [-0.39, 0.29) is 21.6 Å². The molecule has 0 spiro atoms. The van der Waals surface area contributed by atoms with Gasteiger partial charge in [0.2, 0.25) is 19.7 Å². The molecule has 2 aromatic rings. The predicted molar refractivity (Wildman–Crippen MR) is 99.6 cm³/mol. The highest BCUT2D eigenvalue weighted by atomic mass is 32.2. The molecule has 26 heavy (non-hydrogen) atoms. The van der Waals surface area contributed by atoms with Crippen LogP contribution >= 0.6 is 0 Å². The Kier molecular flexibility index (Phi) is 4.12. The molecule has 4 nitrogen and oxygen atoms in total. The highest BCUT2D eigenvalue weighted by Crippen LogP contribution is 2.46. The lowest BCUT2D eigenvalue weighted by atomic mass is 10.0. The molecular weight excluding hydrogens is 368 g/mol. The Bertz CT molecular complexity index is 1010. The first kappa shape index (κ1) is 17.2. The summed E-state index contributed by atoms with van der Waals surface area (Å²) in [5, 5.41) is 0. The van der Waals surface area contributed by atoms with Crippen LogP contribution in [0, 0.1) is 11.8 Å². The van der Waals surface area contributed by atoms with E-state index in [1.165, 1.54) is 0 Å². The van der Waals surface area contributed by atoms with E-state index in [4.69, 9.17) is 0 Å². The van der Waals surface area contributed by atoms with Crippen molar-refractivity contribution >= 4 is 19.7 Å². The predicted octanol–water partition coefficient (Wildman–Crippen LogP) is 3.74. The molecule has 0 amide bonds. The van der Waals surface area contributed by atoms with Gasteiger partial charge in [-0.15, -0.1) is 0 Å². The van der Waals surface area contributed by atoms with Crippen molar-refractivity contribution in [1.29, 1.82) is 0 Å². The van der Waals surface area contributed by atoms with E-state index in [0.717, 1.165) is 0 Å². The molecule has 2 aliphatic rings. The van der Waals surface area contributed by atoms with Crippen molar-refractivity contribution in [1.82, 2.24) is 0 Å². The fourth-order valence-electron chi connectivity index (χ4n) is 3.65. The number of rotatable bonds is 4. The Balaban J connectivity index is 1.59. The van der Waals surface area contributed by atoms with Crippen molar-refractivity contribution in [2.24, 2.45) is 11.8 Å². The van der Waals surface area contributed by atoms with Crippen LogP contribution in [-0.2, 0) is 19.7 Å². The second-order valence-corrected chi connectivity index (χ2v) is 10.6. The average molecular weight is 386 g/mol. The van der Waals surface area contributed by atoms with Crippen molar-refractivity contribution in [3.63, 3.8) is 0 Å². The van der Waals surface area contributed by atoms with E-state index in [1.807, 2.05) is 0 Å². The normalized spacial score (nSPS) is 22.6. The summed E-state index contributed by atoms with van der Waals surface area (Å²) in [6, 6.07) is 16.7. The van der Waals surface area contributed by atoms with E-state index < -0.39 is 19.7 Å². The Morgan fingerprint density at radius 2 is 0.923 bits per heavy atom. The number of sulfone groups is 2. The second-order valence-electron chi connectivity index (χ2n) is 6.63. The van der Waals surface area contributed by atoms with E-state index in [2.05, 4.69) is 0 Å². The highest BCUT2D eigenvalue weighted by molar-refractivity contribution is 7.95. The maximum atomic E-state index is 12.8. The second kappa shape index (κ2) is 6.21. The molecule has 0 N–H and O–H groups in total. The molecule has 0 heterocycles. The Hall–Kier alpha value is -2.18. The summed E-state index contributed by atoms with van der Waals surface area (Å²) in [5.74, 6) is -0.144. The van der Waals surface area contributed by atoms with Crippen LogP contribution in [0.15, 0.2) is 92.4 Å². The van der Waals surface area contributed by atoms with Gasteiger partial charge in [-0.05, 0) is 48.9 Å². The van der Waals surface area contributed by atoms with Crippen LogP contribution in [0.1, 0.15) is 12.8 Å². The first-order chi connectivity index (χ1) is 12.4. The molecule has 0 saturated carbocycles. The number of hydrogen-bond donors (Lipinski definition) is 0. The fourth-order valence-corrected chi connectivity index (χ4v) is 6.81. The topological polar surface area (TPSA) is 68.3 Å². The maximum Gasteiger partial charge on any atom is 0.202 e. The molecule has 0 bridgehead atoms. The number of allylic oxidation sites excluding steroid dienone is 4. The van der Waals surface area contributed by atoms with E-state index in [9.17, 15) is 16.8 Å². The summed E-state index contributed by atoms with van der Waals surface area (Å²) in [7, 11) is -7.01. The minimum absolute atomic E-state index is 0.0722. The SMILES string of the molecule is O=S(=O)(C1=C[C@@H]2CC(S(=O)(=O)c3ccccc3)=C[C@@H]2C1)c1ccccc1. The zero-order valence-electron chi connectivity index (χ0n) is 13.9. The molecule has 134 valence electrons. The van der Waals surface area contributed by atoms with Crippen molar-refractivity contribution in [2.75, 3.05) is 0 Å². The van der Waals surface area contributed by atoms with Crippen LogP contribution in [-0.4, -0.2) is 16.8 Å². The summed E-state index contributed by atoms with van der Waals surface area (Å²) in [4.78, 5) is 1.36. The van der Waals surface area contributed by atoms with Gasteiger partial charge in [0.15, 0.2) is 0 Å². The zero-order chi connectivity index (χ0) is 18.4. The molecule has 2 aliphatic carbocycles. The summed E-state index contributed by atoms with van der Waals surface area (Å²) >= 11 is 0. The third-order valence-electron chi connectivity index (χ3n) is 5.02. The van der Waals surface area contributed by atoms with Gasteiger partial charge in [0.25, 0.3) is 0 Å². The standard InChI is InChI=1S/C20H18O4S2/c21-25(22,17-7-3-1-4-8-17)19-11-15-13-20(14-16(15)12-19)26(23,24)18-9-5-2-6-10-18/h1-11,14-16H,12-13H2/t15-,16+/m1/s1. The van der Waals surface area contributed by atoms with Crippen LogP contribution in [0.3, 0.4) is 0 Å². The summed E-state index contributed by atoms with van der Waals surface area (Å²) < 4.78 is 51.0. The summed E-state index contributed by atoms with van der Waals surface area (Å²) in [5.41, 5.74) is 0. The summed E-state index contributed by atoms with van der Waals surface area (Å²) in [6.07, 6.45) is 4.21. The van der Waals surface area contributed by atoms with Gasteiger partial charge in [-0.3, -0.25) is 0 Å². The minimum Gasteiger partial charge on any atom is -0.219 e. The van der Waals surface area contributed by atoms with Gasteiger partial charge >= 0.3 is 0 Å². The molecule has 2 atom stereocenters.